The second kappa shape index (κ2) is 12.4. The minimum Gasteiger partial charge on any atom is -0.491 e. The van der Waals surface area contributed by atoms with E-state index >= 15 is 0 Å². The summed E-state index contributed by atoms with van der Waals surface area (Å²) in [6.45, 7) is 2.64. The molecule has 1 fully saturated rings. The highest BCUT2D eigenvalue weighted by molar-refractivity contribution is 7.88. The second-order valence-corrected chi connectivity index (χ2v) is 11.1. The molecule has 1 saturated carbocycles. The van der Waals surface area contributed by atoms with Crippen LogP contribution in [0, 0.1) is 12.8 Å². The van der Waals surface area contributed by atoms with Gasteiger partial charge in [0.2, 0.25) is 15.8 Å². The van der Waals surface area contributed by atoms with E-state index in [1.165, 1.54) is 17.1 Å². The number of ether oxygens (including phenoxy) is 1. The van der Waals surface area contributed by atoms with Crippen LogP contribution in [-0.2, 0) is 23.1 Å². The third-order valence-electron chi connectivity index (χ3n) is 6.11. The molecule has 0 saturated heterocycles. The zero-order chi connectivity index (χ0) is 27.1. The molecule has 204 valence electrons. The van der Waals surface area contributed by atoms with Crippen LogP contribution < -0.4 is 14.8 Å². The number of nitrogens with zero attached hydrogens (tertiary/aromatic N) is 6. The number of tetrazole rings is 1. The first-order valence-corrected chi connectivity index (χ1v) is 14.3. The summed E-state index contributed by atoms with van der Waals surface area (Å²) in [5, 5.41) is 24.5. The molecule has 0 bridgehead atoms. The first-order chi connectivity index (χ1) is 18.2. The van der Waals surface area contributed by atoms with E-state index < -0.39 is 10.0 Å². The number of hydrogen-bond acceptors (Lipinski definition) is 10. The molecule has 1 aliphatic rings. The van der Waals surface area contributed by atoms with Crippen molar-refractivity contribution in [2.45, 2.75) is 51.7 Å². The molecule has 1 aliphatic carbocycles. The van der Waals surface area contributed by atoms with Crippen LogP contribution in [-0.4, -0.2) is 75.1 Å². The lowest BCUT2D eigenvalue weighted by molar-refractivity contribution is 0.0945. The normalized spacial score (nSPS) is 17.8. The number of amides is 1. The lowest BCUT2D eigenvalue weighted by Crippen LogP contribution is -2.37. The Morgan fingerprint density at radius 2 is 1.97 bits per heavy atom. The number of aliphatic hydroxyl groups is 1. The van der Waals surface area contributed by atoms with E-state index in [1.54, 1.807) is 19.1 Å². The van der Waals surface area contributed by atoms with Gasteiger partial charge in [-0.2, -0.15) is 4.80 Å². The molecule has 13 nitrogen and oxygen atoms in total. The van der Waals surface area contributed by atoms with Gasteiger partial charge < -0.3 is 15.2 Å². The lowest BCUT2D eigenvalue weighted by Gasteiger charge is -2.27. The number of sulfonamides is 1. The fourth-order valence-corrected chi connectivity index (χ4v) is 5.24. The molecule has 0 spiro atoms. The number of nitrogens with one attached hydrogen (secondary N) is 2. The maximum atomic E-state index is 12.8. The molecule has 38 heavy (non-hydrogen) atoms. The molecule has 1 amide bonds. The standard InChI is InChI=1S/C24H32N8O5S/c1-16-26-21(13-22(27-16)24(34)25-14-18-4-3-5-20(12-18)37-11-10-33)23-28-31-32(29-23)15-17-6-8-19(9-7-17)30-38(2,35)36/h3-5,12-13,17,19,30,33H,6-11,14-15H2,1-2H3,(H,25,34)/t17-,19-. The number of hydrogen-bond donors (Lipinski definition) is 3. The average molecular weight is 545 g/mol. The SMILES string of the molecule is Cc1nc(C(=O)NCc2cccc(OCCO)c2)cc(-c2nnn(C[C@H]3CC[C@H](NS(C)(=O)=O)CC3)n2)n1. The number of rotatable bonds is 11. The van der Waals surface area contributed by atoms with Gasteiger partial charge in [0.25, 0.3) is 5.91 Å². The van der Waals surface area contributed by atoms with Crippen molar-refractivity contribution < 1.29 is 23.1 Å². The fourth-order valence-electron chi connectivity index (χ4n) is 4.40. The Morgan fingerprint density at radius 3 is 2.71 bits per heavy atom. The van der Waals surface area contributed by atoms with Crippen LogP contribution in [0.3, 0.4) is 0 Å². The summed E-state index contributed by atoms with van der Waals surface area (Å²) in [4.78, 5) is 23.0. The van der Waals surface area contributed by atoms with Gasteiger partial charge in [-0.25, -0.2) is 23.1 Å². The Balaban J connectivity index is 1.35. The average Bonchev–Trinajstić information content (AvgIpc) is 3.35. The van der Waals surface area contributed by atoms with Gasteiger partial charge in [-0.1, -0.05) is 12.1 Å². The number of aromatic nitrogens is 6. The summed E-state index contributed by atoms with van der Waals surface area (Å²) in [6.07, 6.45) is 4.43. The van der Waals surface area contributed by atoms with Crippen LogP contribution in [0.15, 0.2) is 30.3 Å². The molecule has 14 heteroatoms. The maximum Gasteiger partial charge on any atom is 0.270 e. The molecule has 3 aromatic rings. The Labute approximate surface area is 221 Å². The highest BCUT2D eigenvalue weighted by Gasteiger charge is 2.24. The van der Waals surface area contributed by atoms with E-state index in [0.717, 1.165) is 31.2 Å². The van der Waals surface area contributed by atoms with E-state index in [1.807, 2.05) is 12.1 Å². The molecule has 0 aliphatic heterocycles. The van der Waals surface area contributed by atoms with E-state index in [2.05, 4.69) is 35.4 Å². The summed E-state index contributed by atoms with van der Waals surface area (Å²) in [7, 11) is -3.21. The molecule has 0 radical (unpaired) electrons. The van der Waals surface area contributed by atoms with Crippen molar-refractivity contribution in [3.63, 3.8) is 0 Å². The van der Waals surface area contributed by atoms with Crippen LogP contribution in [0.5, 0.6) is 5.75 Å². The fraction of sp³-hybridized carbons (Fsp3) is 0.500. The highest BCUT2D eigenvalue weighted by Crippen LogP contribution is 2.26. The van der Waals surface area contributed by atoms with Crippen molar-refractivity contribution >= 4 is 15.9 Å². The maximum absolute atomic E-state index is 12.8. The van der Waals surface area contributed by atoms with E-state index in [0.29, 0.717) is 35.6 Å². The van der Waals surface area contributed by atoms with Gasteiger partial charge in [0.05, 0.1) is 19.4 Å². The van der Waals surface area contributed by atoms with Gasteiger partial charge in [0, 0.05) is 12.6 Å². The lowest BCUT2D eigenvalue weighted by atomic mass is 9.86. The Kier molecular flexibility index (Phi) is 8.97. The molecule has 4 rings (SSSR count). The minimum absolute atomic E-state index is 0.0300. The molecule has 0 atom stereocenters. The van der Waals surface area contributed by atoms with Crippen molar-refractivity contribution in [3.8, 4) is 17.3 Å². The number of aliphatic hydroxyl groups excluding tert-OH is 1. The van der Waals surface area contributed by atoms with Gasteiger partial charge in [-0.05, 0) is 67.5 Å². The topological polar surface area (TPSA) is 174 Å². The van der Waals surface area contributed by atoms with E-state index in [9.17, 15) is 13.2 Å². The predicted molar refractivity (Wildman–Crippen MR) is 137 cm³/mol. The summed E-state index contributed by atoms with van der Waals surface area (Å²) in [5.41, 5.74) is 1.42. The minimum atomic E-state index is -3.21. The monoisotopic (exact) mass is 544 g/mol. The predicted octanol–water partition coefficient (Wildman–Crippen LogP) is 0.848. The quantitative estimate of drug-likeness (QED) is 0.314. The summed E-state index contributed by atoms with van der Waals surface area (Å²) >= 11 is 0. The third-order valence-corrected chi connectivity index (χ3v) is 6.87. The Morgan fingerprint density at radius 1 is 1.18 bits per heavy atom. The van der Waals surface area contributed by atoms with Gasteiger partial charge in [0.15, 0.2) is 0 Å². The van der Waals surface area contributed by atoms with Crippen LogP contribution in [0.25, 0.3) is 11.5 Å². The first kappa shape index (κ1) is 27.5. The van der Waals surface area contributed by atoms with Crippen molar-refractivity contribution in [2.75, 3.05) is 19.5 Å². The molecule has 3 N–H and O–H groups in total. The van der Waals surface area contributed by atoms with Crippen molar-refractivity contribution in [3.05, 3.63) is 47.4 Å². The molecule has 1 aromatic carbocycles. The molecule has 0 unspecified atom stereocenters. The Bertz CT molecular complexity index is 1360. The summed E-state index contributed by atoms with van der Waals surface area (Å²) in [5.74, 6) is 1.26. The number of aryl methyl sites for hydroxylation is 1. The first-order valence-electron chi connectivity index (χ1n) is 12.4. The smallest absolute Gasteiger partial charge is 0.270 e. The molecular formula is C24H32N8O5S. The van der Waals surface area contributed by atoms with E-state index in [4.69, 9.17) is 9.84 Å². The zero-order valence-corrected chi connectivity index (χ0v) is 22.2. The number of carbonyl (C=O) groups is 1. The summed E-state index contributed by atoms with van der Waals surface area (Å²) in [6, 6.07) is 8.75. The van der Waals surface area contributed by atoms with Crippen molar-refractivity contribution in [1.82, 2.24) is 40.2 Å². The largest absolute Gasteiger partial charge is 0.491 e. The van der Waals surface area contributed by atoms with Crippen LogP contribution >= 0.6 is 0 Å². The van der Waals surface area contributed by atoms with Crippen molar-refractivity contribution in [2.24, 2.45) is 5.92 Å². The highest BCUT2D eigenvalue weighted by atomic mass is 32.2. The number of benzene rings is 1. The van der Waals surface area contributed by atoms with Gasteiger partial charge >= 0.3 is 0 Å². The second-order valence-electron chi connectivity index (χ2n) is 9.36. The molecule has 2 heterocycles. The molecule has 2 aromatic heterocycles. The van der Waals surface area contributed by atoms with Crippen LogP contribution in [0.2, 0.25) is 0 Å². The van der Waals surface area contributed by atoms with Crippen molar-refractivity contribution in [1.29, 1.82) is 0 Å². The Hall–Kier alpha value is -3.49. The number of carbonyl (C=O) groups excluding carboxylic acids is 1. The van der Waals surface area contributed by atoms with Gasteiger partial charge in [-0.3, -0.25) is 4.79 Å². The third kappa shape index (κ3) is 8.00. The van der Waals surface area contributed by atoms with Crippen LogP contribution in [0.1, 0.15) is 47.6 Å². The van der Waals surface area contributed by atoms with Gasteiger partial charge in [-0.15, -0.1) is 10.2 Å². The molecular weight excluding hydrogens is 512 g/mol. The summed E-state index contributed by atoms with van der Waals surface area (Å²) < 4.78 is 31.0. The van der Waals surface area contributed by atoms with Crippen LogP contribution in [0.4, 0.5) is 0 Å². The zero-order valence-electron chi connectivity index (χ0n) is 21.4. The van der Waals surface area contributed by atoms with Gasteiger partial charge in [0.1, 0.15) is 29.6 Å². The van der Waals surface area contributed by atoms with E-state index in [-0.39, 0.29) is 37.4 Å².